The molecule has 0 saturated heterocycles. The van der Waals surface area contributed by atoms with E-state index in [1.54, 1.807) is 0 Å². The first-order valence-corrected chi connectivity index (χ1v) is 50.4. The number of halogens is 1. The summed E-state index contributed by atoms with van der Waals surface area (Å²) in [5.74, 6) is 0. The summed E-state index contributed by atoms with van der Waals surface area (Å²) >= 11 is 8.24. The van der Waals surface area contributed by atoms with Gasteiger partial charge in [-0.2, -0.15) is 0 Å². The van der Waals surface area contributed by atoms with Gasteiger partial charge in [0.25, 0.3) is 6.71 Å². The first-order chi connectivity index (χ1) is 66.3. The zero-order valence-electron chi connectivity index (χ0n) is 87.0. The van der Waals surface area contributed by atoms with Crippen LogP contribution in [0.15, 0.2) is 376 Å². The van der Waals surface area contributed by atoms with Crippen LogP contribution in [0.5, 0.6) is 0 Å². The summed E-state index contributed by atoms with van der Waals surface area (Å²) in [4.78, 5) is 14.7. The van der Waals surface area contributed by atoms with Crippen molar-refractivity contribution in [2.75, 3.05) is 29.4 Å². The molecule has 0 aromatic heterocycles. The normalized spacial score (nSPS) is 12.9. The Morgan fingerprint density at radius 3 is 0.645 bits per heavy atom. The van der Waals surface area contributed by atoms with Gasteiger partial charge in [0.15, 0.2) is 0 Å². The maximum atomic E-state index is 8.24. The standard InChI is InChI=1S/C66H66BN3.C66H68ClN3.B/c1-63(2,3)47-23-31-51(32-24-47)69-58-35-27-49(65(7,8)9)39-56(58)67-57-40-50(66(10,11)12)28-36-59(57)70(52-33-25-48(26-34-52)64(4,5)6)61-42-55(41-60(69)62(61)67)68(53-29-21-43-17-13-15-19-45(43)37-53)54-30-22-44-18-14-16-20-46(44)38-54;1-63(2,3)49-23-33-53(34-24-49)69(54-35-25-50(26-36-54)64(4,5)6)60-43-59(68(57-31-21-45-17-13-15-19-47(45)41-57)58-32-22-46-18-14-16-20-48(46)42-58)44-61(62(60)67)70(55-37-27-51(28-38-55)65(7,8)9)56-39-29-52(30-40-56)66(10,11)12;/h13-42H,1-12H3;13-44H,1-12H3;. The van der Waals surface area contributed by atoms with E-state index in [2.05, 4.69) is 572 Å². The van der Waals surface area contributed by atoms with Crippen LogP contribution in [0.1, 0.15) is 211 Å². The lowest BCUT2D eigenvalue weighted by atomic mass is 9.33. The Labute approximate surface area is 847 Å². The van der Waals surface area contributed by atoms with E-state index in [0.717, 1.165) is 79.6 Å². The molecule has 141 heavy (non-hydrogen) atoms. The van der Waals surface area contributed by atoms with Gasteiger partial charge in [0.2, 0.25) is 0 Å². The fourth-order valence-corrected chi connectivity index (χ4v) is 20.6. The zero-order chi connectivity index (χ0) is 98.8. The van der Waals surface area contributed by atoms with Gasteiger partial charge in [-0.15, -0.1) is 0 Å². The van der Waals surface area contributed by atoms with Crippen molar-refractivity contribution in [3.8, 4) is 0 Å². The fourth-order valence-electron chi connectivity index (χ4n) is 20.3. The fraction of sp³-hybridized carbons (Fsp3) is 0.242. The van der Waals surface area contributed by atoms with Crippen LogP contribution in [0.25, 0.3) is 43.1 Å². The predicted octanol–water partition coefficient (Wildman–Crippen LogP) is 36.6. The lowest BCUT2D eigenvalue weighted by molar-refractivity contribution is 0.590. The third-order valence-corrected chi connectivity index (χ3v) is 29.1. The molecule has 0 fully saturated rings. The van der Waals surface area contributed by atoms with Gasteiger partial charge in [0.05, 0.1) is 27.8 Å². The highest BCUT2D eigenvalue weighted by molar-refractivity contribution is 7.00. The summed E-state index contributed by atoms with van der Waals surface area (Å²) in [7, 11) is 0. The van der Waals surface area contributed by atoms with Crippen molar-refractivity contribution < 1.29 is 0 Å². The molecule has 0 saturated carbocycles. The van der Waals surface area contributed by atoms with Gasteiger partial charge in [0, 0.05) is 88.0 Å². The number of fused-ring (bicyclic) bond motifs is 8. The molecule has 705 valence electrons. The summed E-state index contributed by atoms with van der Waals surface area (Å²) in [6, 6.07) is 141. The van der Waals surface area contributed by atoms with E-state index in [9.17, 15) is 0 Å². The second-order valence-corrected chi connectivity index (χ2v) is 47.5. The summed E-state index contributed by atoms with van der Waals surface area (Å²) in [5, 5.41) is 10.2. The van der Waals surface area contributed by atoms with Gasteiger partial charge in [-0.3, -0.25) is 0 Å². The van der Waals surface area contributed by atoms with Crippen molar-refractivity contribution in [1.29, 1.82) is 0 Å². The largest absolute Gasteiger partial charge is 0.311 e. The van der Waals surface area contributed by atoms with E-state index >= 15 is 0 Å². The number of rotatable bonds is 14. The highest BCUT2D eigenvalue weighted by Gasteiger charge is 2.46. The number of anilines is 18. The molecule has 0 bridgehead atoms. The van der Waals surface area contributed by atoms with Crippen molar-refractivity contribution in [2.24, 2.45) is 0 Å². The molecule has 18 aromatic carbocycles. The van der Waals surface area contributed by atoms with Gasteiger partial charge in [-0.1, -0.05) is 396 Å². The Balaban J connectivity index is 0.000000185. The maximum absolute atomic E-state index is 8.24. The van der Waals surface area contributed by atoms with Crippen LogP contribution in [-0.2, 0) is 43.3 Å². The number of benzene rings is 18. The molecule has 18 aromatic rings. The molecule has 0 unspecified atom stereocenters. The summed E-state index contributed by atoms with van der Waals surface area (Å²) in [6.45, 7) is 55.0. The van der Waals surface area contributed by atoms with E-state index in [-0.39, 0.29) is 58.4 Å². The molecule has 2 aliphatic heterocycles. The Morgan fingerprint density at radius 2 is 0.404 bits per heavy atom. The van der Waals surface area contributed by atoms with Crippen molar-refractivity contribution in [3.05, 3.63) is 426 Å². The molecule has 2 heterocycles. The van der Waals surface area contributed by atoms with Gasteiger partial charge >= 0.3 is 0 Å². The van der Waals surface area contributed by atoms with E-state index in [1.807, 2.05) is 0 Å². The molecular weight excluding hydrogens is 1730 g/mol. The van der Waals surface area contributed by atoms with Gasteiger partial charge in [0.1, 0.15) is 0 Å². The van der Waals surface area contributed by atoms with Gasteiger partial charge in [-0.25, -0.2) is 0 Å². The van der Waals surface area contributed by atoms with Crippen molar-refractivity contribution >= 4 is 189 Å². The minimum absolute atomic E-state index is 0. The SMILES string of the molecule is CC(C)(C)c1ccc(N(c2ccc(C(C)(C)C)cc2)c2cc(N(c3ccc4ccccc4c3)c3ccc4ccccc4c3)cc(N(c3ccc(C(C)(C)C)cc3)c3ccc(C(C)(C)C)cc3)c2Cl)cc1.CC(C)(C)c1ccc(N2c3ccc(C(C)(C)C)cc3B3c4cc(C(C)(C)C)ccc4N(c4ccc(C(C)(C)C)cc4)c4cc(N(c5ccc6ccccc6c5)c5ccc6ccccc6c5)cc2c43)cc1.[B]. The average Bonchev–Trinajstić information content (AvgIpc) is 0.689. The lowest BCUT2D eigenvalue weighted by Crippen LogP contribution is -2.61. The molecule has 6 nitrogen and oxygen atoms in total. The molecule has 0 atom stereocenters. The van der Waals surface area contributed by atoms with Crippen molar-refractivity contribution in [2.45, 2.75) is 209 Å². The topological polar surface area (TPSA) is 19.4 Å². The average molecular weight is 1860 g/mol. The minimum atomic E-state index is -0.0486. The monoisotopic (exact) mass is 1860 g/mol. The predicted molar refractivity (Wildman–Crippen MR) is 616 cm³/mol. The molecule has 0 amide bonds. The number of nitrogens with zero attached hydrogens (tertiary/aromatic N) is 6. The third kappa shape index (κ3) is 19.5. The Hall–Kier alpha value is -13.8. The van der Waals surface area contributed by atoms with E-state index in [1.165, 1.54) is 127 Å². The lowest BCUT2D eigenvalue weighted by Gasteiger charge is -2.45. The van der Waals surface area contributed by atoms with Crippen LogP contribution in [0.3, 0.4) is 0 Å². The van der Waals surface area contributed by atoms with Crippen molar-refractivity contribution in [3.63, 3.8) is 0 Å². The maximum Gasteiger partial charge on any atom is 0.252 e. The molecule has 0 N–H and O–H groups in total. The summed E-state index contributed by atoms with van der Waals surface area (Å²) < 4.78 is 0. The second kappa shape index (κ2) is 37.0. The molecular formula is C132H134B2ClN6. The Morgan fingerprint density at radius 1 is 0.191 bits per heavy atom. The number of hydrogen-bond donors (Lipinski definition) is 0. The van der Waals surface area contributed by atoms with Gasteiger partial charge in [-0.05, 0) is 305 Å². The zero-order valence-corrected chi connectivity index (χ0v) is 87.8. The van der Waals surface area contributed by atoms with Gasteiger partial charge < -0.3 is 29.4 Å². The summed E-state index contributed by atoms with van der Waals surface area (Å²) in [6.07, 6.45) is 0. The highest BCUT2D eigenvalue weighted by atomic mass is 35.5. The van der Waals surface area contributed by atoms with Crippen molar-refractivity contribution in [1.82, 2.24) is 0 Å². The molecule has 0 spiro atoms. The number of hydrogen-bond acceptors (Lipinski definition) is 6. The molecule has 2 aliphatic rings. The summed E-state index contributed by atoms with van der Waals surface area (Å²) in [5.41, 5.74) is 33.4. The van der Waals surface area contributed by atoms with E-state index in [4.69, 9.17) is 11.6 Å². The molecule has 20 rings (SSSR count). The Kier molecular flexibility index (Phi) is 25.6. The van der Waals surface area contributed by atoms with Crippen LogP contribution >= 0.6 is 11.6 Å². The Bertz CT molecular complexity index is 6970. The quantitative estimate of drug-likeness (QED) is 0.100. The van der Waals surface area contributed by atoms with Crippen LogP contribution in [0.2, 0.25) is 5.02 Å². The first kappa shape index (κ1) is 97.4. The van der Waals surface area contributed by atoms with Crippen LogP contribution in [-0.4, -0.2) is 15.1 Å². The highest BCUT2D eigenvalue weighted by Crippen LogP contribution is 2.55. The molecule has 9 heteroatoms. The van der Waals surface area contributed by atoms with Crippen LogP contribution < -0.4 is 45.8 Å². The first-order valence-electron chi connectivity index (χ1n) is 50.1. The molecule has 0 aliphatic carbocycles. The van der Waals surface area contributed by atoms with Crippen LogP contribution in [0.4, 0.5) is 102 Å². The van der Waals surface area contributed by atoms with Crippen LogP contribution in [0, 0.1) is 0 Å². The van der Waals surface area contributed by atoms with E-state index in [0.29, 0.717) is 5.02 Å². The van der Waals surface area contributed by atoms with E-state index < -0.39 is 0 Å². The third-order valence-electron chi connectivity index (χ3n) is 28.7. The minimum Gasteiger partial charge on any atom is -0.311 e. The second-order valence-electron chi connectivity index (χ2n) is 47.1. The molecule has 3 radical (unpaired) electrons. The smallest absolute Gasteiger partial charge is 0.252 e.